The first-order chi connectivity index (χ1) is 9.72. The highest BCUT2D eigenvalue weighted by atomic mass is 16.7. The molecule has 20 heavy (non-hydrogen) atoms. The lowest BCUT2D eigenvalue weighted by atomic mass is 10.0. The molecule has 0 aromatic heterocycles. The second-order valence-corrected chi connectivity index (χ2v) is 6.02. The number of unbranched alkanes of at least 4 members (excludes halogenated alkanes) is 11. The van der Waals surface area contributed by atoms with E-state index in [1.807, 2.05) is 6.92 Å². The predicted octanol–water partition coefficient (Wildman–Crippen LogP) is 5.13. The maximum absolute atomic E-state index is 11.1. The second kappa shape index (κ2) is 14.8. The van der Waals surface area contributed by atoms with Crippen LogP contribution in [-0.4, -0.2) is 5.97 Å². The maximum Gasteiger partial charge on any atom is 0.327 e. The van der Waals surface area contributed by atoms with Crippen LogP contribution in [0.4, 0.5) is 0 Å². The standard InChI is InChI=1S/C17H35NO2/c1-3-4-5-6-7-8-9-10-11-12-13-14-15-16(2)17(19)20-18/h16H,3-15,18H2,1-2H3. The Kier molecular flexibility index (Phi) is 14.4. The van der Waals surface area contributed by atoms with Crippen LogP contribution in [-0.2, 0) is 9.63 Å². The molecule has 0 amide bonds. The van der Waals surface area contributed by atoms with Gasteiger partial charge in [-0.05, 0) is 6.42 Å². The summed E-state index contributed by atoms with van der Waals surface area (Å²) in [6, 6.07) is 0. The molecule has 0 aromatic carbocycles. The van der Waals surface area contributed by atoms with Gasteiger partial charge >= 0.3 is 5.97 Å². The minimum Gasteiger partial charge on any atom is -0.373 e. The molecule has 0 aromatic rings. The van der Waals surface area contributed by atoms with Gasteiger partial charge in [-0.1, -0.05) is 90.9 Å². The zero-order valence-electron chi connectivity index (χ0n) is 13.7. The van der Waals surface area contributed by atoms with Gasteiger partial charge in [0, 0.05) is 0 Å². The minimum absolute atomic E-state index is 0.0527. The van der Waals surface area contributed by atoms with Gasteiger partial charge in [-0.15, -0.1) is 0 Å². The highest BCUT2D eigenvalue weighted by Gasteiger charge is 2.12. The van der Waals surface area contributed by atoms with Crippen LogP contribution < -0.4 is 5.90 Å². The molecular formula is C17H35NO2. The number of hydrogen-bond acceptors (Lipinski definition) is 3. The second-order valence-electron chi connectivity index (χ2n) is 6.02. The molecule has 0 saturated carbocycles. The zero-order chi connectivity index (χ0) is 15.1. The van der Waals surface area contributed by atoms with Gasteiger partial charge in [0.2, 0.25) is 0 Å². The molecule has 0 spiro atoms. The molecule has 120 valence electrons. The van der Waals surface area contributed by atoms with Crippen LogP contribution >= 0.6 is 0 Å². The highest BCUT2D eigenvalue weighted by molar-refractivity contribution is 5.71. The highest BCUT2D eigenvalue weighted by Crippen LogP contribution is 2.14. The Morgan fingerprint density at radius 1 is 0.850 bits per heavy atom. The number of hydrogen-bond donors (Lipinski definition) is 1. The van der Waals surface area contributed by atoms with Crippen molar-refractivity contribution in [3.05, 3.63) is 0 Å². The molecule has 0 aliphatic carbocycles. The summed E-state index contributed by atoms with van der Waals surface area (Å²) in [6.45, 7) is 4.15. The molecule has 0 rings (SSSR count). The summed E-state index contributed by atoms with van der Waals surface area (Å²) in [5.74, 6) is 4.52. The summed E-state index contributed by atoms with van der Waals surface area (Å²) in [5.41, 5.74) is 0. The van der Waals surface area contributed by atoms with Crippen LogP contribution in [0.2, 0.25) is 0 Å². The first-order valence-electron chi connectivity index (χ1n) is 8.63. The number of rotatable bonds is 14. The normalized spacial score (nSPS) is 12.3. The van der Waals surface area contributed by atoms with Gasteiger partial charge in [0.25, 0.3) is 0 Å². The van der Waals surface area contributed by atoms with Crippen LogP contribution in [0.1, 0.15) is 97.3 Å². The molecule has 0 aliphatic heterocycles. The first-order valence-corrected chi connectivity index (χ1v) is 8.63. The Balaban J connectivity index is 3.11. The molecule has 1 unspecified atom stereocenters. The predicted molar refractivity (Wildman–Crippen MR) is 85.1 cm³/mol. The van der Waals surface area contributed by atoms with E-state index in [1.54, 1.807) is 0 Å². The van der Waals surface area contributed by atoms with Crippen LogP contribution in [0, 0.1) is 5.92 Å². The monoisotopic (exact) mass is 285 g/mol. The molecule has 0 bridgehead atoms. The Labute approximate surface area is 125 Å². The largest absolute Gasteiger partial charge is 0.373 e. The number of carbonyl (C=O) groups excluding carboxylic acids is 1. The lowest BCUT2D eigenvalue weighted by Gasteiger charge is -2.07. The van der Waals surface area contributed by atoms with Crippen molar-refractivity contribution in [2.45, 2.75) is 97.3 Å². The molecule has 0 fully saturated rings. The average molecular weight is 285 g/mol. The van der Waals surface area contributed by atoms with Gasteiger partial charge in [0.1, 0.15) is 0 Å². The van der Waals surface area contributed by atoms with Crippen molar-refractivity contribution in [1.82, 2.24) is 0 Å². The molecular weight excluding hydrogens is 250 g/mol. The molecule has 2 N–H and O–H groups in total. The van der Waals surface area contributed by atoms with Gasteiger partial charge in [-0.25, -0.2) is 0 Å². The van der Waals surface area contributed by atoms with Gasteiger partial charge in [0.05, 0.1) is 5.92 Å². The van der Waals surface area contributed by atoms with E-state index in [9.17, 15) is 4.79 Å². The zero-order valence-corrected chi connectivity index (χ0v) is 13.7. The average Bonchev–Trinajstić information content (AvgIpc) is 2.47. The van der Waals surface area contributed by atoms with Crippen LogP contribution in [0.5, 0.6) is 0 Å². The third-order valence-electron chi connectivity index (χ3n) is 4.01. The van der Waals surface area contributed by atoms with E-state index >= 15 is 0 Å². The third-order valence-corrected chi connectivity index (χ3v) is 4.01. The van der Waals surface area contributed by atoms with Crippen molar-refractivity contribution in [3.63, 3.8) is 0 Å². The van der Waals surface area contributed by atoms with Gasteiger partial charge < -0.3 is 4.84 Å². The Morgan fingerprint density at radius 2 is 1.25 bits per heavy atom. The SMILES string of the molecule is CCCCCCCCCCCCCCC(C)C(=O)ON. The van der Waals surface area contributed by atoms with E-state index in [0.717, 1.165) is 12.8 Å². The van der Waals surface area contributed by atoms with E-state index in [4.69, 9.17) is 5.90 Å². The summed E-state index contributed by atoms with van der Waals surface area (Å²) >= 11 is 0. The lowest BCUT2D eigenvalue weighted by Crippen LogP contribution is -2.18. The van der Waals surface area contributed by atoms with Crippen molar-refractivity contribution < 1.29 is 9.63 Å². The van der Waals surface area contributed by atoms with Gasteiger partial charge in [-0.2, -0.15) is 5.90 Å². The van der Waals surface area contributed by atoms with E-state index in [-0.39, 0.29) is 11.9 Å². The summed E-state index contributed by atoms with van der Waals surface area (Å²) in [5, 5.41) is 0. The van der Waals surface area contributed by atoms with Crippen LogP contribution in [0.3, 0.4) is 0 Å². The van der Waals surface area contributed by atoms with Crippen molar-refractivity contribution in [2.24, 2.45) is 11.8 Å². The molecule has 0 radical (unpaired) electrons. The summed E-state index contributed by atoms with van der Waals surface area (Å²) in [4.78, 5) is 15.3. The van der Waals surface area contributed by atoms with Crippen molar-refractivity contribution in [1.29, 1.82) is 0 Å². The summed E-state index contributed by atoms with van der Waals surface area (Å²) < 4.78 is 0. The van der Waals surface area contributed by atoms with E-state index in [1.165, 1.54) is 70.6 Å². The van der Waals surface area contributed by atoms with E-state index in [0.29, 0.717) is 0 Å². The third kappa shape index (κ3) is 12.5. The molecule has 3 heteroatoms. The van der Waals surface area contributed by atoms with E-state index < -0.39 is 0 Å². The fourth-order valence-corrected chi connectivity index (χ4v) is 2.53. The Morgan fingerprint density at radius 3 is 1.65 bits per heavy atom. The molecule has 1 atom stereocenters. The van der Waals surface area contributed by atoms with Crippen molar-refractivity contribution >= 4 is 5.97 Å². The van der Waals surface area contributed by atoms with Crippen LogP contribution in [0.25, 0.3) is 0 Å². The fraction of sp³-hybridized carbons (Fsp3) is 0.941. The maximum atomic E-state index is 11.1. The molecule has 3 nitrogen and oxygen atoms in total. The Hall–Kier alpha value is -0.570. The van der Waals surface area contributed by atoms with Gasteiger partial charge in [-0.3, -0.25) is 4.79 Å². The minimum atomic E-state index is -0.284. The quantitative estimate of drug-likeness (QED) is 0.355. The van der Waals surface area contributed by atoms with E-state index in [2.05, 4.69) is 11.8 Å². The molecule has 0 saturated heterocycles. The molecule has 0 heterocycles. The topological polar surface area (TPSA) is 52.3 Å². The van der Waals surface area contributed by atoms with Gasteiger partial charge in [0.15, 0.2) is 0 Å². The van der Waals surface area contributed by atoms with Crippen molar-refractivity contribution in [2.75, 3.05) is 0 Å². The first kappa shape index (κ1) is 19.4. The number of nitrogens with two attached hydrogens (primary N) is 1. The summed E-state index contributed by atoms with van der Waals surface area (Å²) in [6.07, 6.45) is 17.0. The van der Waals surface area contributed by atoms with Crippen molar-refractivity contribution in [3.8, 4) is 0 Å². The lowest BCUT2D eigenvalue weighted by molar-refractivity contribution is -0.148. The Bertz CT molecular complexity index is 219. The fourth-order valence-electron chi connectivity index (χ4n) is 2.53. The number of carbonyl (C=O) groups is 1. The molecule has 0 aliphatic rings. The smallest absolute Gasteiger partial charge is 0.327 e. The van der Waals surface area contributed by atoms with Crippen LogP contribution in [0.15, 0.2) is 0 Å². The summed E-state index contributed by atoms with van der Waals surface area (Å²) in [7, 11) is 0.